The molecule has 1 aromatic rings. The summed E-state index contributed by atoms with van der Waals surface area (Å²) in [6, 6.07) is 3.16. The van der Waals surface area contributed by atoms with E-state index in [2.05, 4.69) is 10.6 Å². The van der Waals surface area contributed by atoms with Gasteiger partial charge in [0.05, 0.1) is 16.5 Å². The highest BCUT2D eigenvalue weighted by Gasteiger charge is 2.37. The molecule has 0 aliphatic heterocycles. The van der Waals surface area contributed by atoms with E-state index in [4.69, 9.17) is 6.42 Å². The molecule has 0 spiro atoms. The summed E-state index contributed by atoms with van der Waals surface area (Å²) in [6.45, 7) is 1.79. The fourth-order valence-corrected chi connectivity index (χ4v) is 3.07. The highest BCUT2D eigenvalue weighted by Crippen LogP contribution is 2.33. The van der Waals surface area contributed by atoms with Gasteiger partial charge in [-0.05, 0) is 18.6 Å². The summed E-state index contributed by atoms with van der Waals surface area (Å²) in [5.41, 5.74) is -1.21. The standard InChI is InChI=1S/C13H14F3NO2S/c1-3-7-10(4-2)17-20(18,19)12-9-6-5-8-11(12)13(14,15)16/h2,5-6,8-10,17H,3,7H2,1H3. The van der Waals surface area contributed by atoms with Crippen molar-refractivity contribution in [1.82, 2.24) is 4.72 Å². The van der Waals surface area contributed by atoms with E-state index >= 15 is 0 Å². The third-order valence-corrected chi connectivity index (χ3v) is 4.09. The van der Waals surface area contributed by atoms with Gasteiger partial charge in [-0.2, -0.15) is 17.9 Å². The van der Waals surface area contributed by atoms with Gasteiger partial charge in [-0.15, -0.1) is 6.42 Å². The van der Waals surface area contributed by atoms with Crippen molar-refractivity contribution in [2.45, 2.75) is 36.9 Å². The fourth-order valence-electron chi connectivity index (χ4n) is 1.65. The number of hydrogen-bond donors (Lipinski definition) is 1. The molecule has 110 valence electrons. The molecule has 0 saturated carbocycles. The lowest BCUT2D eigenvalue weighted by Gasteiger charge is -2.16. The van der Waals surface area contributed by atoms with Crippen LogP contribution < -0.4 is 4.72 Å². The van der Waals surface area contributed by atoms with Crippen LogP contribution in [-0.4, -0.2) is 14.5 Å². The predicted octanol–water partition coefficient (Wildman–Crippen LogP) is 2.79. The number of sulfonamides is 1. The maximum Gasteiger partial charge on any atom is 0.417 e. The second-order valence-corrected chi connectivity index (χ2v) is 5.81. The first-order valence-electron chi connectivity index (χ1n) is 5.87. The van der Waals surface area contributed by atoms with E-state index in [1.54, 1.807) is 6.92 Å². The molecular formula is C13H14F3NO2S. The Hall–Kier alpha value is -1.52. The summed E-state index contributed by atoms with van der Waals surface area (Å²) >= 11 is 0. The molecule has 0 aliphatic rings. The Morgan fingerprint density at radius 1 is 1.35 bits per heavy atom. The minimum atomic E-state index is -4.75. The number of benzene rings is 1. The van der Waals surface area contributed by atoms with E-state index in [-0.39, 0.29) is 0 Å². The molecule has 0 aliphatic carbocycles. The monoisotopic (exact) mass is 305 g/mol. The number of alkyl halides is 3. The van der Waals surface area contributed by atoms with Gasteiger partial charge in [0, 0.05) is 0 Å². The minimum absolute atomic E-state index is 0.351. The van der Waals surface area contributed by atoms with Crippen molar-refractivity contribution >= 4 is 10.0 Å². The Kier molecular flexibility index (Phi) is 5.20. The lowest BCUT2D eigenvalue weighted by Crippen LogP contribution is -2.34. The molecule has 1 unspecified atom stereocenters. The van der Waals surface area contributed by atoms with Gasteiger partial charge in [0.1, 0.15) is 0 Å². The zero-order chi connectivity index (χ0) is 15.4. The second-order valence-electron chi connectivity index (χ2n) is 4.12. The number of terminal acetylenes is 1. The number of hydrogen-bond acceptors (Lipinski definition) is 2. The van der Waals surface area contributed by atoms with Crippen molar-refractivity contribution in [1.29, 1.82) is 0 Å². The second kappa shape index (κ2) is 6.29. The van der Waals surface area contributed by atoms with Crippen molar-refractivity contribution < 1.29 is 21.6 Å². The molecule has 0 saturated heterocycles. The van der Waals surface area contributed by atoms with Gasteiger partial charge in [0.15, 0.2) is 0 Å². The number of rotatable bonds is 5. The lowest BCUT2D eigenvalue weighted by atomic mass is 10.2. The SMILES string of the molecule is C#CC(CCC)NS(=O)(=O)c1ccccc1C(F)(F)F. The van der Waals surface area contributed by atoms with E-state index in [1.165, 1.54) is 6.07 Å². The largest absolute Gasteiger partial charge is 0.417 e. The van der Waals surface area contributed by atoms with Gasteiger partial charge in [-0.3, -0.25) is 0 Å². The quantitative estimate of drug-likeness (QED) is 0.850. The van der Waals surface area contributed by atoms with Crippen LogP contribution in [0.1, 0.15) is 25.3 Å². The smallest absolute Gasteiger partial charge is 0.207 e. The van der Waals surface area contributed by atoms with Gasteiger partial charge >= 0.3 is 6.18 Å². The Morgan fingerprint density at radius 2 is 1.95 bits per heavy atom. The summed E-state index contributed by atoms with van der Waals surface area (Å²) in [5.74, 6) is 2.22. The average Bonchev–Trinajstić information content (AvgIpc) is 2.37. The van der Waals surface area contributed by atoms with Crippen LogP contribution in [0.3, 0.4) is 0 Å². The molecule has 1 aromatic carbocycles. The maximum atomic E-state index is 12.8. The van der Waals surface area contributed by atoms with E-state index in [1.807, 2.05) is 0 Å². The van der Waals surface area contributed by atoms with Crippen molar-refractivity contribution in [3.63, 3.8) is 0 Å². The molecule has 0 amide bonds. The molecule has 0 fully saturated rings. The molecule has 20 heavy (non-hydrogen) atoms. The zero-order valence-corrected chi connectivity index (χ0v) is 11.6. The normalized spacial score (nSPS) is 13.8. The molecule has 0 bridgehead atoms. The average molecular weight is 305 g/mol. The topological polar surface area (TPSA) is 46.2 Å². The van der Waals surface area contributed by atoms with E-state index in [9.17, 15) is 21.6 Å². The summed E-state index contributed by atoms with van der Waals surface area (Å²) in [7, 11) is -4.32. The fraction of sp³-hybridized carbons (Fsp3) is 0.385. The molecule has 3 nitrogen and oxygen atoms in total. The van der Waals surface area contributed by atoms with Crippen LogP contribution in [0.4, 0.5) is 13.2 Å². The van der Waals surface area contributed by atoms with E-state index in [0.717, 1.165) is 18.2 Å². The number of halogens is 3. The van der Waals surface area contributed by atoms with Gasteiger partial charge in [0.2, 0.25) is 10.0 Å². The predicted molar refractivity (Wildman–Crippen MR) is 69.3 cm³/mol. The van der Waals surface area contributed by atoms with Gasteiger partial charge in [0.25, 0.3) is 0 Å². The molecular weight excluding hydrogens is 291 g/mol. The Labute approximate surface area is 116 Å². The highest BCUT2D eigenvalue weighted by atomic mass is 32.2. The van der Waals surface area contributed by atoms with E-state index < -0.39 is 32.7 Å². The van der Waals surface area contributed by atoms with Crippen LogP contribution in [0.15, 0.2) is 29.2 Å². The van der Waals surface area contributed by atoms with Crippen LogP contribution >= 0.6 is 0 Å². The third kappa shape index (κ3) is 3.99. The van der Waals surface area contributed by atoms with Crippen molar-refractivity contribution in [2.75, 3.05) is 0 Å². The van der Waals surface area contributed by atoms with Crippen LogP contribution in [0.25, 0.3) is 0 Å². The van der Waals surface area contributed by atoms with Crippen LogP contribution in [0.5, 0.6) is 0 Å². The summed E-state index contributed by atoms with van der Waals surface area (Å²) < 4.78 is 64.6. The maximum absolute atomic E-state index is 12.8. The van der Waals surface area contributed by atoms with Crippen molar-refractivity contribution in [2.24, 2.45) is 0 Å². The van der Waals surface area contributed by atoms with Gasteiger partial charge < -0.3 is 0 Å². The highest BCUT2D eigenvalue weighted by molar-refractivity contribution is 7.89. The molecule has 0 radical (unpaired) electrons. The summed E-state index contributed by atoms with van der Waals surface area (Å²) in [5, 5.41) is 0. The Morgan fingerprint density at radius 3 is 2.45 bits per heavy atom. The van der Waals surface area contributed by atoms with Crippen LogP contribution in [0, 0.1) is 12.3 Å². The first-order chi connectivity index (χ1) is 9.22. The summed E-state index contributed by atoms with van der Waals surface area (Å²) in [4.78, 5) is -0.816. The number of nitrogens with one attached hydrogen (secondary N) is 1. The molecule has 1 atom stereocenters. The van der Waals surface area contributed by atoms with Gasteiger partial charge in [-0.1, -0.05) is 31.4 Å². The first-order valence-corrected chi connectivity index (χ1v) is 7.35. The van der Waals surface area contributed by atoms with Gasteiger partial charge in [-0.25, -0.2) is 8.42 Å². The minimum Gasteiger partial charge on any atom is -0.207 e. The van der Waals surface area contributed by atoms with Crippen LogP contribution in [0.2, 0.25) is 0 Å². The zero-order valence-electron chi connectivity index (χ0n) is 10.7. The Bertz CT molecular complexity index is 603. The molecule has 7 heteroatoms. The molecule has 0 heterocycles. The lowest BCUT2D eigenvalue weighted by molar-refractivity contribution is -0.139. The van der Waals surface area contributed by atoms with E-state index in [0.29, 0.717) is 12.8 Å². The van der Waals surface area contributed by atoms with Crippen molar-refractivity contribution in [3.8, 4) is 12.3 Å². The summed E-state index contributed by atoms with van der Waals surface area (Å²) in [6.07, 6.45) is 1.38. The first kappa shape index (κ1) is 16.5. The Balaban J connectivity index is 3.21. The third-order valence-electron chi connectivity index (χ3n) is 2.56. The van der Waals surface area contributed by atoms with Crippen LogP contribution in [-0.2, 0) is 16.2 Å². The molecule has 1 N–H and O–H groups in total. The molecule has 1 rings (SSSR count). The molecule has 0 aromatic heterocycles. The van der Waals surface area contributed by atoms with Crippen molar-refractivity contribution in [3.05, 3.63) is 29.8 Å².